The van der Waals surface area contributed by atoms with Gasteiger partial charge in [0.2, 0.25) is 0 Å². The minimum absolute atomic E-state index is 0.745. The molecule has 0 N–H and O–H groups in total. The van der Waals surface area contributed by atoms with Gasteiger partial charge in [-0.05, 0) is 56.4 Å². The van der Waals surface area contributed by atoms with E-state index in [4.69, 9.17) is 0 Å². The lowest BCUT2D eigenvalue weighted by Crippen LogP contribution is -2.53. The smallest absolute Gasteiger partial charge is 0.0106 e. The van der Waals surface area contributed by atoms with Crippen LogP contribution in [0.25, 0.3) is 0 Å². The second kappa shape index (κ2) is 7.11. The van der Waals surface area contributed by atoms with Crippen molar-refractivity contribution in [2.45, 2.75) is 91.0 Å². The molecule has 1 aliphatic heterocycles. The molecular formula is C18H35N. The third-order valence-electron chi connectivity index (χ3n) is 5.82. The molecule has 1 heteroatoms. The summed E-state index contributed by atoms with van der Waals surface area (Å²) in [7, 11) is 0. The molecule has 1 saturated heterocycles. The molecule has 112 valence electrons. The maximum Gasteiger partial charge on any atom is 0.0106 e. The summed E-state index contributed by atoms with van der Waals surface area (Å²) in [6, 6.07) is 0.942. The highest BCUT2D eigenvalue weighted by Crippen LogP contribution is 2.51. The lowest BCUT2D eigenvalue weighted by atomic mass is 9.60. The zero-order chi connectivity index (χ0) is 13.7. The minimum atomic E-state index is 0.745. The van der Waals surface area contributed by atoms with Crippen molar-refractivity contribution in [2.75, 3.05) is 13.1 Å². The molecule has 0 spiro atoms. The van der Waals surface area contributed by atoms with Crippen molar-refractivity contribution in [3.8, 4) is 0 Å². The first-order valence-corrected chi connectivity index (χ1v) is 8.97. The van der Waals surface area contributed by atoms with Gasteiger partial charge in [0, 0.05) is 12.6 Å². The number of likely N-dealkylation sites (tertiary alicyclic amines) is 1. The van der Waals surface area contributed by atoms with Crippen LogP contribution in [0.3, 0.4) is 0 Å². The second-order valence-electron chi connectivity index (χ2n) is 7.33. The number of nitrogens with zero attached hydrogens (tertiary/aromatic N) is 1. The van der Waals surface area contributed by atoms with Crippen LogP contribution in [0.2, 0.25) is 0 Å². The molecule has 1 saturated carbocycles. The Morgan fingerprint density at radius 2 is 1.84 bits per heavy atom. The largest absolute Gasteiger partial charge is 0.300 e. The van der Waals surface area contributed by atoms with E-state index in [0.717, 1.165) is 17.4 Å². The summed E-state index contributed by atoms with van der Waals surface area (Å²) in [5, 5.41) is 0. The van der Waals surface area contributed by atoms with Crippen molar-refractivity contribution in [1.29, 1.82) is 0 Å². The zero-order valence-electron chi connectivity index (χ0n) is 13.6. The lowest BCUT2D eigenvalue weighted by molar-refractivity contribution is -0.0309. The van der Waals surface area contributed by atoms with E-state index >= 15 is 0 Å². The number of unbranched alkanes of at least 4 members (excludes halogenated alkanes) is 1. The molecule has 0 aromatic rings. The van der Waals surface area contributed by atoms with Crippen LogP contribution in [0, 0.1) is 11.3 Å². The molecule has 1 nitrogen and oxygen atoms in total. The Morgan fingerprint density at radius 1 is 1.05 bits per heavy atom. The molecular weight excluding hydrogens is 230 g/mol. The fraction of sp³-hybridized carbons (Fsp3) is 1.00. The van der Waals surface area contributed by atoms with E-state index in [9.17, 15) is 0 Å². The Hall–Kier alpha value is -0.0400. The Kier molecular flexibility index (Phi) is 5.74. The van der Waals surface area contributed by atoms with Crippen molar-refractivity contribution in [2.24, 2.45) is 11.3 Å². The Balaban J connectivity index is 1.81. The summed E-state index contributed by atoms with van der Waals surface area (Å²) >= 11 is 0. The van der Waals surface area contributed by atoms with Gasteiger partial charge in [0.05, 0.1) is 0 Å². The van der Waals surface area contributed by atoms with Crippen LogP contribution >= 0.6 is 0 Å². The maximum atomic E-state index is 2.84. The minimum Gasteiger partial charge on any atom is -0.300 e. The molecule has 0 radical (unpaired) electrons. The average Bonchev–Trinajstić information content (AvgIpc) is 2.41. The molecule has 0 aromatic heterocycles. The summed E-state index contributed by atoms with van der Waals surface area (Å²) < 4.78 is 0. The van der Waals surface area contributed by atoms with Crippen molar-refractivity contribution in [3.05, 3.63) is 0 Å². The quantitative estimate of drug-likeness (QED) is 0.608. The summed E-state index contributed by atoms with van der Waals surface area (Å²) in [6.45, 7) is 9.87. The van der Waals surface area contributed by atoms with Crippen LogP contribution in [0.1, 0.15) is 85.0 Å². The standard InChI is InChI=1S/C18H35N/c1-4-7-11-18(10-5-2)13-17(14-18)19-12-8-9-16(6-3)15-19/h16-17H,4-15H2,1-3H3. The summed E-state index contributed by atoms with van der Waals surface area (Å²) in [6.07, 6.45) is 14.5. The van der Waals surface area contributed by atoms with E-state index in [-0.39, 0.29) is 0 Å². The molecule has 19 heavy (non-hydrogen) atoms. The van der Waals surface area contributed by atoms with Gasteiger partial charge in [-0.2, -0.15) is 0 Å². The topological polar surface area (TPSA) is 3.24 Å². The Labute approximate surface area is 121 Å². The van der Waals surface area contributed by atoms with Gasteiger partial charge < -0.3 is 4.90 Å². The highest BCUT2D eigenvalue weighted by molar-refractivity contribution is 4.99. The van der Waals surface area contributed by atoms with Gasteiger partial charge in [-0.3, -0.25) is 0 Å². The number of hydrogen-bond acceptors (Lipinski definition) is 1. The highest BCUT2D eigenvalue weighted by atomic mass is 15.2. The zero-order valence-corrected chi connectivity index (χ0v) is 13.6. The van der Waals surface area contributed by atoms with Crippen LogP contribution in [-0.2, 0) is 0 Å². The molecule has 2 aliphatic rings. The van der Waals surface area contributed by atoms with Crippen molar-refractivity contribution in [1.82, 2.24) is 4.90 Å². The number of rotatable bonds is 7. The van der Waals surface area contributed by atoms with Crippen LogP contribution in [-0.4, -0.2) is 24.0 Å². The SMILES string of the molecule is CCCCC1(CCC)CC(N2CCCC(CC)C2)C1. The van der Waals surface area contributed by atoms with E-state index in [0.29, 0.717) is 0 Å². The third kappa shape index (κ3) is 3.74. The van der Waals surface area contributed by atoms with E-state index in [1.165, 1.54) is 77.3 Å². The summed E-state index contributed by atoms with van der Waals surface area (Å²) in [5.74, 6) is 0.991. The van der Waals surface area contributed by atoms with Gasteiger partial charge in [0.15, 0.2) is 0 Å². The highest BCUT2D eigenvalue weighted by Gasteiger charge is 2.45. The molecule has 1 heterocycles. The van der Waals surface area contributed by atoms with Gasteiger partial charge in [-0.1, -0.05) is 46.5 Å². The Bertz CT molecular complexity index is 254. The van der Waals surface area contributed by atoms with E-state index < -0.39 is 0 Å². The van der Waals surface area contributed by atoms with Crippen molar-refractivity contribution < 1.29 is 0 Å². The predicted octanol–water partition coefficient (Wildman–Crippen LogP) is 5.25. The van der Waals surface area contributed by atoms with Crippen LogP contribution in [0.15, 0.2) is 0 Å². The third-order valence-corrected chi connectivity index (χ3v) is 5.82. The van der Waals surface area contributed by atoms with Crippen LogP contribution in [0.5, 0.6) is 0 Å². The van der Waals surface area contributed by atoms with E-state index in [2.05, 4.69) is 25.7 Å². The second-order valence-corrected chi connectivity index (χ2v) is 7.33. The first-order chi connectivity index (χ1) is 9.23. The van der Waals surface area contributed by atoms with Gasteiger partial charge in [-0.25, -0.2) is 0 Å². The normalized spacial score (nSPS) is 36.2. The first-order valence-electron chi connectivity index (χ1n) is 8.97. The maximum absolute atomic E-state index is 2.84. The Morgan fingerprint density at radius 3 is 2.47 bits per heavy atom. The van der Waals surface area contributed by atoms with Gasteiger partial charge in [-0.15, -0.1) is 0 Å². The van der Waals surface area contributed by atoms with Crippen LogP contribution < -0.4 is 0 Å². The lowest BCUT2D eigenvalue weighted by Gasteiger charge is -2.54. The van der Waals surface area contributed by atoms with Crippen molar-refractivity contribution in [3.63, 3.8) is 0 Å². The van der Waals surface area contributed by atoms with E-state index in [1.807, 2.05) is 0 Å². The molecule has 0 amide bonds. The fourth-order valence-electron chi connectivity index (χ4n) is 4.58. The molecule has 1 aliphatic carbocycles. The van der Waals surface area contributed by atoms with Gasteiger partial charge >= 0.3 is 0 Å². The van der Waals surface area contributed by atoms with Gasteiger partial charge in [0.1, 0.15) is 0 Å². The molecule has 2 rings (SSSR count). The average molecular weight is 265 g/mol. The summed E-state index contributed by atoms with van der Waals surface area (Å²) in [5.41, 5.74) is 0.745. The predicted molar refractivity (Wildman–Crippen MR) is 84.5 cm³/mol. The molecule has 0 bridgehead atoms. The van der Waals surface area contributed by atoms with Crippen LogP contribution in [0.4, 0.5) is 0 Å². The first kappa shape index (κ1) is 15.4. The molecule has 1 atom stereocenters. The number of hydrogen-bond donors (Lipinski definition) is 0. The molecule has 0 aromatic carbocycles. The van der Waals surface area contributed by atoms with E-state index in [1.54, 1.807) is 0 Å². The summed E-state index contributed by atoms with van der Waals surface area (Å²) in [4.78, 5) is 2.84. The fourth-order valence-corrected chi connectivity index (χ4v) is 4.58. The molecule has 1 unspecified atom stereocenters. The molecule has 2 fully saturated rings. The van der Waals surface area contributed by atoms with Gasteiger partial charge in [0.25, 0.3) is 0 Å². The van der Waals surface area contributed by atoms with Crippen molar-refractivity contribution >= 4 is 0 Å². The number of piperidine rings is 1. The monoisotopic (exact) mass is 265 g/mol.